The molecule has 18 heavy (non-hydrogen) atoms. The van der Waals surface area contributed by atoms with Crippen LogP contribution in [0, 0.1) is 0 Å². The number of ether oxygens (including phenoxy) is 1. The number of hydrogen-bond acceptors (Lipinski definition) is 4. The molecule has 1 fully saturated rings. The zero-order valence-electron chi connectivity index (χ0n) is 10.8. The smallest absolute Gasteiger partial charge is 0.407 e. The number of piperazine rings is 1. The van der Waals surface area contributed by atoms with E-state index in [9.17, 15) is 14.4 Å². The van der Waals surface area contributed by atoms with Crippen LogP contribution in [0.25, 0.3) is 0 Å². The van der Waals surface area contributed by atoms with Crippen molar-refractivity contribution in [1.29, 1.82) is 0 Å². The van der Waals surface area contributed by atoms with Gasteiger partial charge in [0.25, 0.3) is 0 Å². The third kappa shape index (κ3) is 4.23. The van der Waals surface area contributed by atoms with E-state index in [2.05, 4.69) is 0 Å². The minimum atomic E-state index is -1.12. The molecule has 0 atom stereocenters. The Morgan fingerprint density at radius 2 is 1.94 bits per heavy atom. The van der Waals surface area contributed by atoms with Crippen molar-refractivity contribution in [2.75, 3.05) is 26.2 Å². The van der Waals surface area contributed by atoms with Crippen LogP contribution in [0.3, 0.4) is 0 Å². The lowest BCUT2D eigenvalue weighted by Gasteiger charge is -2.32. The summed E-state index contributed by atoms with van der Waals surface area (Å²) < 4.78 is 5.10. The average molecular weight is 258 g/mol. The van der Waals surface area contributed by atoms with Crippen LogP contribution >= 0.6 is 0 Å². The quantitative estimate of drug-likeness (QED) is 0.712. The van der Waals surface area contributed by atoms with Crippen LogP contribution < -0.4 is 0 Å². The van der Waals surface area contributed by atoms with Gasteiger partial charge in [0.1, 0.15) is 18.7 Å². The van der Waals surface area contributed by atoms with Crippen LogP contribution in [0.1, 0.15) is 20.8 Å². The molecule has 7 nitrogen and oxygen atoms in total. The van der Waals surface area contributed by atoms with E-state index in [0.29, 0.717) is 0 Å². The van der Waals surface area contributed by atoms with Gasteiger partial charge in [-0.25, -0.2) is 4.79 Å². The summed E-state index contributed by atoms with van der Waals surface area (Å²) in [6, 6.07) is 0. The molecule has 2 amide bonds. The van der Waals surface area contributed by atoms with Crippen molar-refractivity contribution >= 4 is 18.0 Å². The highest BCUT2D eigenvalue weighted by molar-refractivity contribution is 5.86. The molecule has 102 valence electrons. The monoisotopic (exact) mass is 258 g/mol. The Morgan fingerprint density at radius 1 is 1.33 bits per heavy atom. The standard InChI is InChI=1S/C11H18N2O5/c1-11(2,3)18-9(15)7-12-4-5-13(10(16)17)6-8(12)14/h4-7H2,1-3H3,(H,16,17). The Kier molecular flexibility index (Phi) is 4.15. The predicted octanol–water partition coefficient (Wildman–Crippen LogP) is 0.150. The SMILES string of the molecule is CC(C)(C)OC(=O)CN1CCN(C(=O)O)CC1=O. The highest BCUT2D eigenvalue weighted by Crippen LogP contribution is 2.09. The molecule has 0 aromatic rings. The van der Waals surface area contributed by atoms with Crippen molar-refractivity contribution < 1.29 is 24.2 Å². The van der Waals surface area contributed by atoms with Gasteiger partial charge >= 0.3 is 12.1 Å². The topological polar surface area (TPSA) is 87.2 Å². The maximum atomic E-state index is 11.6. The first-order valence-corrected chi connectivity index (χ1v) is 5.66. The first-order valence-electron chi connectivity index (χ1n) is 5.66. The number of carboxylic acid groups (broad SMARTS) is 1. The molecular weight excluding hydrogens is 240 g/mol. The number of nitrogens with zero attached hydrogens (tertiary/aromatic N) is 2. The van der Waals surface area contributed by atoms with Gasteiger partial charge in [-0.05, 0) is 20.8 Å². The molecule has 7 heteroatoms. The average Bonchev–Trinajstić information content (AvgIpc) is 2.17. The van der Waals surface area contributed by atoms with Crippen molar-refractivity contribution in [3.05, 3.63) is 0 Å². The summed E-state index contributed by atoms with van der Waals surface area (Å²) in [5.74, 6) is -0.867. The molecule has 1 N–H and O–H groups in total. The molecule has 0 aromatic heterocycles. The molecule has 0 radical (unpaired) electrons. The van der Waals surface area contributed by atoms with Gasteiger partial charge < -0.3 is 14.7 Å². The fraction of sp³-hybridized carbons (Fsp3) is 0.727. The van der Waals surface area contributed by atoms with Crippen molar-refractivity contribution in [3.63, 3.8) is 0 Å². The molecule has 0 bridgehead atoms. The number of rotatable bonds is 2. The van der Waals surface area contributed by atoms with Gasteiger partial charge in [0.05, 0.1) is 0 Å². The minimum Gasteiger partial charge on any atom is -0.465 e. The van der Waals surface area contributed by atoms with E-state index in [0.717, 1.165) is 4.90 Å². The molecule has 1 aliphatic rings. The van der Waals surface area contributed by atoms with Crippen molar-refractivity contribution in [1.82, 2.24) is 9.80 Å². The highest BCUT2D eigenvalue weighted by Gasteiger charge is 2.29. The van der Waals surface area contributed by atoms with Crippen LogP contribution in [0.15, 0.2) is 0 Å². The summed E-state index contributed by atoms with van der Waals surface area (Å²) in [5.41, 5.74) is -0.594. The second-order valence-corrected chi connectivity index (χ2v) is 5.11. The van der Waals surface area contributed by atoms with E-state index in [4.69, 9.17) is 9.84 Å². The Hall–Kier alpha value is -1.79. The summed E-state index contributed by atoms with van der Waals surface area (Å²) in [5, 5.41) is 8.74. The molecule has 1 saturated heterocycles. The molecule has 1 heterocycles. The molecule has 1 rings (SSSR count). The summed E-state index contributed by atoms with van der Waals surface area (Å²) >= 11 is 0. The van der Waals surface area contributed by atoms with Gasteiger partial charge in [0, 0.05) is 13.1 Å². The summed E-state index contributed by atoms with van der Waals surface area (Å²) in [6.45, 7) is 5.31. The van der Waals surface area contributed by atoms with Crippen LogP contribution in [0.2, 0.25) is 0 Å². The van der Waals surface area contributed by atoms with Crippen LogP contribution in [0.5, 0.6) is 0 Å². The maximum absolute atomic E-state index is 11.6. The van der Waals surface area contributed by atoms with E-state index in [1.807, 2.05) is 0 Å². The van der Waals surface area contributed by atoms with Gasteiger partial charge in [-0.2, -0.15) is 0 Å². The van der Waals surface area contributed by atoms with Crippen LogP contribution in [-0.4, -0.2) is 64.7 Å². The van der Waals surface area contributed by atoms with E-state index in [1.54, 1.807) is 20.8 Å². The van der Waals surface area contributed by atoms with Gasteiger partial charge in [-0.3, -0.25) is 14.5 Å². The molecule has 0 saturated carbocycles. The van der Waals surface area contributed by atoms with E-state index >= 15 is 0 Å². The Bertz CT molecular complexity index is 361. The normalized spacial score (nSPS) is 16.7. The Balaban J connectivity index is 2.48. The number of hydrogen-bond donors (Lipinski definition) is 1. The van der Waals surface area contributed by atoms with Crippen molar-refractivity contribution in [3.8, 4) is 0 Å². The second kappa shape index (κ2) is 5.24. The minimum absolute atomic E-state index is 0.135. The van der Waals surface area contributed by atoms with Gasteiger partial charge in [-0.1, -0.05) is 0 Å². The number of carbonyl (C=O) groups excluding carboxylic acids is 2. The number of amides is 2. The first kappa shape index (κ1) is 14.3. The molecule has 1 aliphatic heterocycles. The van der Waals surface area contributed by atoms with Crippen molar-refractivity contribution in [2.45, 2.75) is 26.4 Å². The first-order chi connectivity index (χ1) is 8.19. The van der Waals surface area contributed by atoms with E-state index in [-0.39, 0.29) is 32.1 Å². The third-order valence-corrected chi connectivity index (χ3v) is 2.33. The second-order valence-electron chi connectivity index (χ2n) is 5.11. The molecule has 0 unspecified atom stereocenters. The fourth-order valence-corrected chi connectivity index (χ4v) is 1.57. The lowest BCUT2D eigenvalue weighted by atomic mass is 10.2. The maximum Gasteiger partial charge on any atom is 0.407 e. The molecule has 0 aromatic carbocycles. The fourth-order valence-electron chi connectivity index (χ4n) is 1.57. The van der Waals surface area contributed by atoms with Gasteiger partial charge in [0.15, 0.2) is 0 Å². The van der Waals surface area contributed by atoms with Gasteiger partial charge in [0.2, 0.25) is 5.91 Å². The summed E-state index contributed by atoms with van der Waals surface area (Å²) in [7, 11) is 0. The largest absolute Gasteiger partial charge is 0.465 e. The molecule has 0 aliphatic carbocycles. The van der Waals surface area contributed by atoms with E-state index in [1.165, 1.54) is 4.90 Å². The molecular formula is C11H18N2O5. The lowest BCUT2D eigenvalue weighted by Crippen LogP contribution is -2.53. The van der Waals surface area contributed by atoms with E-state index < -0.39 is 17.7 Å². The summed E-state index contributed by atoms with van der Waals surface area (Å²) in [4.78, 5) is 36.2. The number of esters is 1. The van der Waals surface area contributed by atoms with Crippen LogP contribution in [0.4, 0.5) is 4.79 Å². The predicted molar refractivity (Wildman–Crippen MR) is 62.0 cm³/mol. The zero-order chi connectivity index (χ0) is 13.9. The van der Waals surface area contributed by atoms with Gasteiger partial charge in [-0.15, -0.1) is 0 Å². The highest BCUT2D eigenvalue weighted by atomic mass is 16.6. The summed E-state index contributed by atoms with van der Waals surface area (Å²) in [6.07, 6.45) is -1.12. The lowest BCUT2D eigenvalue weighted by molar-refractivity contribution is -0.159. The third-order valence-electron chi connectivity index (χ3n) is 2.33. The number of carbonyl (C=O) groups is 3. The van der Waals surface area contributed by atoms with Crippen molar-refractivity contribution in [2.24, 2.45) is 0 Å². The molecule has 0 spiro atoms. The van der Waals surface area contributed by atoms with Crippen LogP contribution in [-0.2, 0) is 14.3 Å². The Labute approximate surface area is 105 Å². The Morgan fingerprint density at radius 3 is 2.39 bits per heavy atom. The zero-order valence-corrected chi connectivity index (χ0v) is 10.8.